The van der Waals surface area contributed by atoms with E-state index in [1.165, 1.54) is 5.69 Å². The SMILES string of the molecule is Cc1cc(N2CCC(CC(=O)O)CC2)c2c(C)cn(-c3c(Br)cc(Cl)cc3Br)c2n1. The van der Waals surface area contributed by atoms with Crippen molar-refractivity contribution in [2.24, 2.45) is 5.92 Å². The van der Waals surface area contributed by atoms with Gasteiger partial charge in [0.1, 0.15) is 5.65 Å². The maximum absolute atomic E-state index is 11.1. The average molecular weight is 556 g/mol. The fourth-order valence-electron chi connectivity index (χ4n) is 4.32. The summed E-state index contributed by atoms with van der Waals surface area (Å²) in [6.07, 6.45) is 4.15. The fourth-order valence-corrected chi connectivity index (χ4v) is 6.37. The number of aromatic nitrogens is 2. The van der Waals surface area contributed by atoms with Crippen molar-refractivity contribution in [3.63, 3.8) is 0 Å². The minimum atomic E-state index is -0.706. The predicted octanol–water partition coefficient (Wildman–Crippen LogP) is 6.51. The van der Waals surface area contributed by atoms with Crippen LogP contribution in [0.2, 0.25) is 5.02 Å². The first kappa shape index (κ1) is 21.7. The molecule has 3 heterocycles. The van der Waals surface area contributed by atoms with Gasteiger partial charge in [0.15, 0.2) is 0 Å². The van der Waals surface area contributed by atoms with Crippen molar-refractivity contribution in [1.29, 1.82) is 0 Å². The summed E-state index contributed by atoms with van der Waals surface area (Å²) >= 11 is 13.5. The van der Waals surface area contributed by atoms with Crippen molar-refractivity contribution in [2.45, 2.75) is 33.1 Å². The molecule has 0 saturated carbocycles. The molecule has 4 rings (SSSR count). The van der Waals surface area contributed by atoms with Gasteiger partial charge in [0.2, 0.25) is 0 Å². The van der Waals surface area contributed by atoms with Gasteiger partial charge in [0.05, 0.1) is 5.69 Å². The van der Waals surface area contributed by atoms with Gasteiger partial charge in [0, 0.05) is 56.4 Å². The molecule has 0 radical (unpaired) electrons. The molecule has 8 heteroatoms. The van der Waals surface area contributed by atoms with Crippen LogP contribution in [-0.4, -0.2) is 33.7 Å². The minimum absolute atomic E-state index is 0.254. The molecule has 5 nitrogen and oxygen atoms in total. The molecule has 1 N–H and O–H groups in total. The van der Waals surface area contributed by atoms with E-state index in [1.807, 2.05) is 19.1 Å². The standard InChI is InChI=1S/C22H22Br2ClN3O2/c1-12-11-28(21-16(23)9-15(25)10-17(21)24)22-20(12)18(7-13(2)26-22)27-5-3-14(4-6-27)8-19(29)30/h7,9-11,14H,3-6,8H2,1-2H3,(H,29,30). The predicted molar refractivity (Wildman–Crippen MR) is 128 cm³/mol. The molecule has 3 aromatic rings. The van der Waals surface area contributed by atoms with Crippen LogP contribution >= 0.6 is 43.5 Å². The molecule has 30 heavy (non-hydrogen) atoms. The number of hydrogen-bond donors (Lipinski definition) is 1. The van der Waals surface area contributed by atoms with E-state index in [4.69, 9.17) is 21.7 Å². The van der Waals surface area contributed by atoms with E-state index in [0.717, 1.165) is 62.9 Å². The smallest absolute Gasteiger partial charge is 0.303 e. The molecule has 0 amide bonds. The summed E-state index contributed by atoms with van der Waals surface area (Å²) in [5.74, 6) is -0.452. The number of benzene rings is 1. The Kier molecular flexibility index (Phi) is 6.15. The van der Waals surface area contributed by atoms with Crippen LogP contribution in [0.1, 0.15) is 30.5 Å². The number of pyridine rings is 1. The molecule has 158 valence electrons. The third-order valence-electron chi connectivity index (χ3n) is 5.69. The highest BCUT2D eigenvalue weighted by molar-refractivity contribution is 9.11. The van der Waals surface area contributed by atoms with Crippen LogP contribution in [0.4, 0.5) is 5.69 Å². The Balaban J connectivity index is 1.79. The zero-order chi connectivity index (χ0) is 21.6. The molecule has 1 saturated heterocycles. The molecule has 0 aliphatic carbocycles. The van der Waals surface area contributed by atoms with Gasteiger partial charge in [-0.05, 0) is 88.2 Å². The lowest BCUT2D eigenvalue weighted by Crippen LogP contribution is -2.34. The Morgan fingerprint density at radius 2 is 1.83 bits per heavy atom. The number of fused-ring (bicyclic) bond motifs is 1. The first-order valence-corrected chi connectivity index (χ1v) is 11.8. The normalized spacial score (nSPS) is 15.2. The number of aryl methyl sites for hydroxylation is 2. The minimum Gasteiger partial charge on any atom is -0.481 e. The highest BCUT2D eigenvalue weighted by Crippen LogP contribution is 2.39. The maximum atomic E-state index is 11.1. The first-order chi connectivity index (χ1) is 14.2. The number of rotatable bonds is 4. The number of anilines is 1. The van der Waals surface area contributed by atoms with E-state index in [2.05, 4.69) is 60.5 Å². The van der Waals surface area contributed by atoms with Gasteiger partial charge in [-0.1, -0.05) is 11.6 Å². The van der Waals surface area contributed by atoms with E-state index < -0.39 is 5.97 Å². The monoisotopic (exact) mass is 553 g/mol. The third-order valence-corrected chi connectivity index (χ3v) is 7.12. The largest absolute Gasteiger partial charge is 0.481 e. The second kappa shape index (κ2) is 8.52. The lowest BCUT2D eigenvalue weighted by molar-refractivity contribution is -0.138. The Morgan fingerprint density at radius 3 is 2.43 bits per heavy atom. The number of carboxylic acid groups (broad SMARTS) is 1. The Hall–Kier alpha value is -1.57. The molecule has 1 fully saturated rings. The highest BCUT2D eigenvalue weighted by Gasteiger charge is 2.25. The summed E-state index contributed by atoms with van der Waals surface area (Å²) in [7, 11) is 0. The topological polar surface area (TPSA) is 58.4 Å². The van der Waals surface area contributed by atoms with Gasteiger partial charge in [-0.3, -0.25) is 9.36 Å². The summed E-state index contributed by atoms with van der Waals surface area (Å²) in [4.78, 5) is 18.3. The zero-order valence-corrected chi connectivity index (χ0v) is 20.7. The van der Waals surface area contributed by atoms with Crippen LogP contribution in [0.15, 0.2) is 33.3 Å². The molecule has 0 atom stereocenters. The van der Waals surface area contributed by atoms with E-state index >= 15 is 0 Å². The molecule has 1 aliphatic heterocycles. The number of nitrogens with zero attached hydrogens (tertiary/aromatic N) is 3. The second-order valence-corrected chi connectivity index (χ2v) is 10.1. The van der Waals surface area contributed by atoms with Crippen LogP contribution in [0.3, 0.4) is 0 Å². The molecule has 1 aliphatic rings. The molecular weight excluding hydrogens is 534 g/mol. The highest BCUT2D eigenvalue weighted by atomic mass is 79.9. The van der Waals surface area contributed by atoms with Crippen LogP contribution in [0, 0.1) is 19.8 Å². The van der Waals surface area contributed by atoms with Crippen molar-refractivity contribution < 1.29 is 9.90 Å². The second-order valence-electron chi connectivity index (χ2n) is 7.91. The summed E-state index contributed by atoms with van der Waals surface area (Å²) < 4.78 is 3.87. The molecule has 0 bridgehead atoms. The van der Waals surface area contributed by atoms with Crippen molar-refractivity contribution >= 4 is 66.2 Å². The summed E-state index contributed by atoms with van der Waals surface area (Å²) in [5, 5.41) is 10.9. The number of aliphatic carboxylic acids is 1. The van der Waals surface area contributed by atoms with Crippen molar-refractivity contribution in [1.82, 2.24) is 9.55 Å². The van der Waals surface area contributed by atoms with E-state index in [-0.39, 0.29) is 12.3 Å². The van der Waals surface area contributed by atoms with Gasteiger partial charge in [-0.25, -0.2) is 4.98 Å². The van der Waals surface area contributed by atoms with E-state index in [9.17, 15) is 4.79 Å². The third kappa shape index (κ3) is 4.12. The summed E-state index contributed by atoms with van der Waals surface area (Å²) in [5.41, 5.74) is 5.13. The summed E-state index contributed by atoms with van der Waals surface area (Å²) in [6, 6.07) is 5.91. The van der Waals surface area contributed by atoms with Crippen molar-refractivity contribution in [3.05, 3.63) is 49.6 Å². The van der Waals surface area contributed by atoms with Gasteiger partial charge >= 0.3 is 5.97 Å². The van der Waals surface area contributed by atoms with Gasteiger partial charge < -0.3 is 10.0 Å². The number of carboxylic acids is 1. The van der Waals surface area contributed by atoms with Crippen LogP contribution < -0.4 is 4.90 Å². The first-order valence-electron chi connectivity index (χ1n) is 9.85. The zero-order valence-electron chi connectivity index (χ0n) is 16.8. The van der Waals surface area contributed by atoms with Crippen molar-refractivity contribution in [3.8, 4) is 5.69 Å². The Morgan fingerprint density at radius 1 is 1.20 bits per heavy atom. The fraction of sp³-hybridized carbons (Fsp3) is 0.364. The molecule has 0 unspecified atom stereocenters. The number of halogens is 3. The number of carbonyl (C=O) groups is 1. The van der Waals surface area contributed by atoms with Crippen LogP contribution in [-0.2, 0) is 4.79 Å². The molecule has 1 aromatic carbocycles. The maximum Gasteiger partial charge on any atom is 0.303 e. The van der Waals surface area contributed by atoms with Gasteiger partial charge in [0.25, 0.3) is 0 Å². The Labute approximate surface area is 197 Å². The van der Waals surface area contributed by atoms with E-state index in [0.29, 0.717) is 5.02 Å². The van der Waals surface area contributed by atoms with E-state index in [1.54, 1.807) is 0 Å². The van der Waals surface area contributed by atoms with Crippen LogP contribution in [0.25, 0.3) is 16.7 Å². The number of hydrogen-bond acceptors (Lipinski definition) is 3. The quantitative estimate of drug-likeness (QED) is 0.399. The molecule has 2 aromatic heterocycles. The molecule has 0 spiro atoms. The lowest BCUT2D eigenvalue weighted by Gasteiger charge is -2.33. The Bertz CT molecular complexity index is 1110. The number of piperidine rings is 1. The molecular formula is C22H22Br2ClN3O2. The lowest BCUT2D eigenvalue weighted by atomic mass is 9.93. The average Bonchev–Trinajstić information content (AvgIpc) is 2.96. The van der Waals surface area contributed by atoms with Gasteiger partial charge in [-0.15, -0.1) is 0 Å². The van der Waals surface area contributed by atoms with Crippen molar-refractivity contribution in [2.75, 3.05) is 18.0 Å². The summed E-state index contributed by atoms with van der Waals surface area (Å²) in [6.45, 7) is 5.83. The van der Waals surface area contributed by atoms with Crippen LogP contribution in [0.5, 0.6) is 0 Å². The van der Waals surface area contributed by atoms with Gasteiger partial charge in [-0.2, -0.15) is 0 Å².